The van der Waals surface area contributed by atoms with Crippen molar-refractivity contribution in [3.05, 3.63) is 11.9 Å². The average Bonchev–Trinajstić information content (AvgIpc) is 2.46. The van der Waals surface area contributed by atoms with Gasteiger partial charge in [0.05, 0.1) is 12.1 Å². The lowest BCUT2D eigenvalue weighted by Crippen LogP contribution is -2.25. The third-order valence-electron chi connectivity index (χ3n) is 1.63. The molecule has 0 radical (unpaired) electrons. The Hall–Kier alpha value is -1.92. The number of aliphatic carboxylic acids is 1. The summed E-state index contributed by atoms with van der Waals surface area (Å²) >= 11 is 0. The third-order valence-corrected chi connectivity index (χ3v) is 1.63. The van der Waals surface area contributed by atoms with Crippen molar-refractivity contribution >= 4 is 11.9 Å². The maximum absolute atomic E-state index is 11.4. The normalized spacial score (nSPS) is 11.2. The zero-order chi connectivity index (χ0) is 13.1. The fourth-order valence-electron chi connectivity index (χ4n) is 1.16. The second-order valence-corrected chi connectivity index (χ2v) is 4.56. The monoisotopic (exact) mass is 241 g/mol. The molecule has 0 amide bonds. The third kappa shape index (κ3) is 5.10. The summed E-state index contributed by atoms with van der Waals surface area (Å²) in [7, 11) is 0. The van der Waals surface area contributed by atoms with Gasteiger partial charge in [0.25, 0.3) is 0 Å². The number of hydrogen-bond acceptors (Lipinski definition) is 5. The summed E-state index contributed by atoms with van der Waals surface area (Å²) in [4.78, 5) is 21.9. The summed E-state index contributed by atoms with van der Waals surface area (Å²) in [6.07, 6.45) is 1.40. The van der Waals surface area contributed by atoms with Gasteiger partial charge >= 0.3 is 11.9 Å². The van der Waals surface area contributed by atoms with Gasteiger partial charge < -0.3 is 9.84 Å². The summed E-state index contributed by atoms with van der Waals surface area (Å²) in [5.74, 6) is -1.43. The maximum atomic E-state index is 11.4. The van der Waals surface area contributed by atoms with Crippen LogP contribution in [-0.2, 0) is 27.3 Å². The van der Waals surface area contributed by atoms with Crippen molar-refractivity contribution in [1.29, 1.82) is 0 Å². The highest BCUT2D eigenvalue weighted by molar-refractivity contribution is 5.72. The molecule has 1 aromatic rings. The van der Waals surface area contributed by atoms with Crippen molar-refractivity contribution in [3.8, 4) is 0 Å². The topological polar surface area (TPSA) is 94.3 Å². The lowest BCUT2D eigenvalue weighted by Gasteiger charge is -2.18. The summed E-state index contributed by atoms with van der Waals surface area (Å²) in [5, 5.41) is 15.8. The lowest BCUT2D eigenvalue weighted by molar-refractivity contribution is -0.154. The first-order valence-corrected chi connectivity index (χ1v) is 5.09. The van der Waals surface area contributed by atoms with E-state index in [4.69, 9.17) is 9.84 Å². The van der Waals surface area contributed by atoms with Crippen LogP contribution in [0.25, 0.3) is 0 Å². The largest absolute Gasteiger partial charge is 0.480 e. The Morgan fingerprint density at radius 3 is 2.65 bits per heavy atom. The Kier molecular flexibility index (Phi) is 3.82. The van der Waals surface area contributed by atoms with Crippen LogP contribution in [0, 0.1) is 0 Å². The van der Waals surface area contributed by atoms with E-state index in [1.807, 2.05) is 0 Å². The standard InChI is InChI=1S/C10H15N3O4/c1-10(2,3)17-9(16)4-7-5-13(12-11-7)6-8(14)15/h5H,4,6H2,1-3H3,(H,14,15). The smallest absolute Gasteiger partial charge is 0.325 e. The van der Waals surface area contributed by atoms with Crippen molar-refractivity contribution in [2.75, 3.05) is 0 Å². The molecule has 7 nitrogen and oxygen atoms in total. The molecule has 0 unspecified atom stereocenters. The molecule has 0 aliphatic rings. The van der Waals surface area contributed by atoms with Crippen LogP contribution in [-0.4, -0.2) is 37.6 Å². The van der Waals surface area contributed by atoms with Crippen LogP contribution in [0.5, 0.6) is 0 Å². The number of ether oxygens (including phenoxy) is 1. The highest BCUT2D eigenvalue weighted by atomic mass is 16.6. The number of aromatic nitrogens is 3. The van der Waals surface area contributed by atoms with Crippen molar-refractivity contribution in [1.82, 2.24) is 15.0 Å². The zero-order valence-electron chi connectivity index (χ0n) is 10.0. The van der Waals surface area contributed by atoms with Gasteiger partial charge in [-0.15, -0.1) is 5.10 Å². The molecule has 0 spiro atoms. The van der Waals surface area contributed by atoms with Crippen LogP contribution in [0.1, 0.15) is 26.5 Å². The van der Waals surface area contributed by atoms with E-state index in [-0.39, 0.29) is 13.0 Å². The van der Waals surface area contributed by atoms with Gasteiger partial charge in [-0.1, -0.05) is 5.21 Å². The highest BCUT2D eigenvalue weighted by Crippen LogP contribution is 2.08. The lowest BCUT2D eigenvalue weighted by atomic mass is 10.2. The molecular formula is C10H15N3O4. The van der Waals surface area contributed by atoms with Gasteiger partial charge in [0, 0.05) is 6.20 Å². The molecule has 0 saturated carbocycles. The number of carbonyl (C=O) groups is 2. The Morgan fingerprint density at radius 2 is 2.12 bits per heavy atom. The first kappa shape index (κ1) is 13.1. The molecular weight excluding hydrogens is 226 g/mol. The van der Waals surface area contributed by atoms with E-state index < -0.39 is 17.5 Å². The minimum atomic E-state index is -1.02. The van der Waals surface area contributed by atoms with Gasteiger partial charge in [-0.05, 0) is 20.8 Å². The van der Waals surface area contributed by atoms with E-state index in [0.717, 1.165) is 4.68 Å². The first-order valence-electron chi connectivity index (χ1n) is 5.09. The molecule has 0 saturated heterocycles. The van der Waals surface area contributed by atoms with Crippen LogP contribution in [0.15, 0.2) is 6.20 Å². The quantitative estimate of drug-likeness (QED) is 0.759. The predicted molar refractivity (Wildman–Crippen MR) is 57.2 cm³/mol. The molecule has 1 N–H and O–H groups in total. The van der Waals surface area contributed by atoms with Crippen molar-refractivity contribution in [3.63, 3.8) is 0 Å². The van der Waals surface area contributed by atoms with E-state index in [0.29, 0.717) is 5.69 Å². The molecule has 94 valence electrons. The fourth-order valence-corrected chi connectivity index (χ4v) is 1.16. The number of carboxylic acids is 1. The van der Waals surface area contributed by atoms with Crippen LogP contribution in [0.4, 0.5) is 0 Å². The number of carbonyl (C=O) groups excluding carboxylic acids is 1. The summed E-state index contributed by atoms with van der Waals surface area (Å²) < 4.78 is 6.25. The summed E-state index contributed by atoms with van der Waals surface area (Å²) in [5.41, 5.74) is -0.158. The molecule has 0 aliphatic heterocycles. The Morgan fingerprint density at radius 1 is 1.47 bits per heavy atom. The molecule has 1 aromatic heterocycles. The molecule has 0 aliphatic carbocycles. The van der Waals surface area contributed by atoms with E-state index >= 15 is 0 Å². The fraction of sp³-hybridized carbons (Fsp3) is 0.600. The van der Waals surface area contributed by atoms with Crippen LogP contribution < -0.4 is 0 Å². The summed E-state index contributed by atoms with van der Waals surface area (Å²) in [6.45, 7) is 5.03. The molecule has 7 heteroatoms. The van der Waals surface area contributed by atoms with Gasteiger partial charge in [0.1, 0.15) is 12.1 Å². The van der Waals surface area contributed by atoms with Crippen molar-refractivity contribution in [2.24, 2.45) is 0 Å². The number of esters is 1. The zero-order valence-corrected chi connectivity index (χ0v) is 10.0. The molecule has 0 atom stereocenters. The maximum Gasteiger partial charge on any atom is 0.325 e. The molecule has 1 heterocycles. The molecule has 0 fully saturated rings. The van der Waals surface area contributed by atoms with Gasteiger partial charge in [0.2, 0.25) is 0 Å². The molecule has 17 heavy (non-hydrogen) atoms. The van der Waals surface area contributed by atoms with Crippen LogP contribution in [0.2, 0.25) is 0 Å². The number of nitrogens with zero attached hydrogens (tertiary/aromatic N) is 3. The average molecular weight is 241 g/mol. The predicted octanol–water partition coefficient (Wildman–Crippen LogP) is 0.247. The Bertz CT molecular complexity index is 419. The van der Waals surface area contributed by atoms with Crippen molar-refractivity contribution in [2.45, 2.75) is 39.3 Å². The SMILES string of the molecule is CC(C)(C)OC(=O)Cc1cn(CC(=O)O)nn1. The number of carboxylic acid groups (broad SMARTS) is 1. The van der Waals surface area contributed by atoms with Crippen molar-refractivity contribution < 1.29 is 19.4 Å². The summed E-state index contributed by atoms with van der Waals surface area (Å²) in [6, 6.07) is 0. The van der Waals surface area contributed by atoms with Gasteiger partial charge in [-0.25, -0.2) is 4.68 Å². The van der Waals surface area contributed by atoms with Gasteiger partial charge in [0.15, 0.2) is 0 Å². The van der Waals surface area contributed by atoms with E-state index in [1.165, 1.54) is 6.20 Å². The van der Waals surface area contributed by atoms with Gasteiger partial charge in [-0.3, -0.25) is 9.59 Å². The van der Waals surface area contributed by atoms with Gasteiger partial charge in [-0.2, -0.15) is 0 Å². The van der Waals surface area contributed by atoms with E-state index in [9.17, 15) is 9.59 Å². The van der Waals surface area contributed by atoms with Crippen LogP contribution in [0.3, 0.4) is 0 Å². The number of rotatable bonds is 4. The number of hydrogen-bond donors (Lipinski definition) is 1. The second kappa shape index (κ2) is 4.94. The Balaban J connectivity index is 2.55. The van der Waals surface area contributed by atoms with E-state index in [2.05, 4.69) is 10.3 Å². The molecule has 1 rings (SSSR count). The Labute approximate surface area is 98.4 Å². The van der Waals surface area contributed by atoms with E-state index in [1.54, 1.807) is 20.8 Å². The van der Waals surface area contributed by atoms with Crippen LogP contribution >= 0.6 is 0 Å². The minimum Gasteiger partial charge on any atom is -0.480 e. The minimum absolute atomic E-state index is 0.0170. The molecule has 0 aromatic carbocycles. The first-order chi connectivity index (χ1) is 7.76. The second-order valence-electron chi connectivity index (χ2n) is 4.56. The highest BCUT2D eigenvalue weighted by Gasteiger charge is 2.17. The molecule has 0 bridgehead atoms.